The second-order valence-electron chi connectivity index (χ2n) is 4.96. The smallest absolute Gasteiger partial charge is 0.125 e. The van der Waals surface area contributed by atoms with E-state index in [0.29, 0.717) is 17.8 Å². The van der Waals surface area contributed by atoms with E-state index in [2.05, 4.69) is 40.7 Å². The van der Waals surface area contributed by atoms with Crippen molar-refractivity contribution in [3.05, 3.63) is 59.7 Å². The molecule has 2 nitrogen and oxygen atoms in total. The number of benzene rings is 2. The quantitative estimate of drug-likeness (QED) is 0.648. The molecule has 2 aromatic carbocycles. The van der Waals surface area contributed by atoms with Crippen LogP contribution in [0.25, 0.3) is 16.7 Å². The van der Waals surface area contributed by atoms with Crippen molar-refractivity contribution in [2.24, 2.45) is 0 Å². The van der Waals surface area contributed by atoms with Gasteiger partial charge < -0.3 is 0 Å². The van der Waals surface area contributed by atoms with Crippen molar-refractivity contribution in [3.8, 4) is 5.69 Å². The fourth-order valence-corrected chi connectivity index (χ4v) is 2.69. The number of nitrogens with zero attached hydrogens (tertiary/aromatic N) is 2. The van der Waals surface area contributed by atoms with Crippen LogP contribution in [0.4, 0.5) is 4.39 Å². The van der Waals surface area contributed by atoms with Crippen molar-refractivity contribution < 1.29 is 4.39 Å². The van der Waals surface area contributed by atoms with Crippen LogP contribution in [0, 0.1) is 5.82 Å². The highest BCUT2D eigenvalue weighted by Gasteiger charge is 2.12. The van der Waals surface area contributed by atoms with Crippen molar-refractivity contribution in [1.29, 1.82) is 0 Å². The Morgan fingerprint density at radius 3 is 2.57 bits per heavy atom. The first-order chi connectivity index (χ1) is 10.2. The monoisotopic (exact) mass is 302 g/mol. The van der Waals surface area contributed by atoms with Crippen molar-refractivity contribution >= 4 is 22.6 Å². The fourth-order valence-electron chi connectivity index (χ4n) is 2.52. The maximum atomic E-state index is 13.4. The van der Waals surface area contributed by atoms with Crippen LogP contribution >= 0.6 is 11.6 Å². The number of halogens is 2. The van der Waals surface area contributed by atoms with E-state index >= 15 is 0 Å². The Morgan fingerprint density at radius 2 is 1.90 bits per heavy atom. The van der Waals surface area contributed by atoms with Gasteiger partial charge >= 0.3 is 0 Å². The van der Waals surface area contributed by atoms with E-state index in [1.54, 1.807) is 6.07 Å². The number of imidazole rings is 1. The third-order valence-corrected chi connectivity index (χ3v) is 3.80. The van der Waals surface area contributed by atoms with E-state index in [9.17, 15) is 4.39 Å². The fraction of sp³-hybridized carbons (Fsp3) is 0.235. The number of aryl methyl sites for hydroxylation is 2. The van der Waals surface area contributed by atoms with E-state index in [0.717, 1.165) is 23.4 Å². The Balaban J connectivity index is 2.20. The molecule has 108 valence electrons. The van der Waals surface area contributed by atoms with E-state index in [4.69, 9.17) is 11.6 Å². The lowest BCUT2D eigenvalue weighted by molar-refractivity contribution is 0.629. The SMILES string of the molecule is CCc1ccc(-n2c(CCCl)nc3cc(F)ccc32)cc1. The zero-order valence-electron chi connectivity index (χ0n) is 11.8. The van der Waals surface area contributed by atoms with Crippen LogP contribution in [0.3, 0.4) is 0 Å². The van der Waals surface area contributed by atoms with Gasteiger partial charge in [0, 0.05) is 24.1 Å². The van der Waals surface area contributed by atoms with Gasteiger partial charge in [-0.3, -0.25) is 4.57 Å². The maximum absolute atomic E-state index is 13.4. The van der Waals surface area contributed by atoms with Crippen LogP contribution in [0.2, 0.25) is 0 Å². The molecule has 0 N–H and O–H groups in total. The molecule has 0 saturated carbocycles. The van der Waals surface area contributed by atoms with Crippen molar-refractivity contribution in [1.82, 2.24) is 9.55 Å². The van der Waals surface area contributed by atoms with Gasteiger partial charge in [-0.1, -0.05) is 19.1 Å². The molecule has 0 atom stereocenters. The summed E-state index contributed by atoms with van der Waals surface area (Å²) in [6, 6.07) is 13.0. The Hall–Kier alpha value is -1.87. The van der Waals surface area contributed by atoms with Crippen LogP contribution < -0.4 is 0 Å². The Morgan fingerprint density at radius 1 is 1.14 bits per heavy atom. The molecule has 3 aromatic rings. The average molecular weight is 303 g/mol. The van der Waals surface area contributed by atoms with Crippen LogP contribution in [0.15, 0.2) is 42.5 Å². The van der Waals surface area contributed by atoms with Crippen LogP contribution in [-0.2, 0) is 12.8 Å². The minimum absolute atomic E-state index is 0.272. The first-order valence-electron chi connectivity index (χ1n) is 7.05. The van der Waals surface area contributed by atoms with Gasteiger partial charge in [-0.2, -0.15) is 0 Å². The molecule has 0 fully saturated rings. The van der Waals surface area contributed by atoms with E-state index in [1.165, 1.54) is 17.7 Å². The summed E-state index contributed by atoms with van der Waals surface area (Å²) in [6.45, 7) is 2.13. The summed E-state index contributed by atoms with van der Waals surface area (Å²) in [5.74, 6) is 1.07. The molecular weight excluding hydrogens is 287 g/mol. The van der Waals surface area contributed by atoms with Crippen molar-refractivity contribution in [2.45, 2.75) is 19.8 Å². The molecule has 1 aromatic heterocycles. The summed E-state index contributed by atoms with van der Waals surface area (Å²) >= 11 is 5.87. The Labute approximate surface area is 128 Å². The minimum atomic E-state index is -0.272. The highest BCUT2D eigenvalue weighted by atomic mass is 35.5. The molecular formula is C17H16ClFN2. The van der Waals surface area contributed by atoms with Gasteiger partial charge in [0.1, 0.15) is 11.6 Å². The zero-order chi connectivity index (χ0) is 14.8. The Kier molecular flexibility index (Phi) is 3.93. The number of hydrogen-bond acceptors (Lipinski definition) is 1. The summed E-state index contributed by atoms with van der Waals surface area (Å²) in [4.78, 5) is 4.52. The van der Waals surface area contributed by atoms with E-state index in [1.807, 2.05) is 0 Å². The lowest BCUT2D eigenvalue weighted by Gasteiger charge is -2.09. The molecule has 21 heavy (non-hydrogen) atoms. The summed E-state index contributed by atoms with van der Waals surface area (Å²) < 4.78 is 15.4. The molecule has 0 unspecified atom stereocenters. The highest BCUT2D eigenvalue weighted by molar-refractivity contribution is 6.17. The average Bonchev–Trinajstić information content (AvgIpc) is 2.85. The predicted molar refractivity (Wildman–Crippen MR) is 84.8 cm³/mol. The molecule has 0 bridgehead atoms. The lowest BCUT2D eigenvalue weighted by Crippen LogP contribution is -2.02. The first kappa shape index (κ1) is 14.1. The van der Waals surface area contributed by atoms with E-state index < -0.39 is 0 Å². The van der Waals surface area contributed by atoms with Gasteiger partial charge in [-0.15, -0.1) is 11.6 Å². The number of alkyl halides is 1. The van der Waals surface area contributed by atoms with E-state index in [-0.39, 0.29) is 5.82 Å². The summed E-state index contributed by atoms with van der Waals surface area (Å²) in [7, 11) is 0. The van der Waals surface area contributed by atoms with Gasteiger partial charge in [0.15, 0.2) is 0 Å². The molecule has 0 aliphatic rings. The standard InChI is InChI=1S/C17H16ClFN2/c1-2-12-3-6-14(7-4-12)21-16-8-5-13(19)11-15(16)20-17(21)9-10-18/h3-8,11H,2,9-10H2,1H3. The third kappa shape index (κ3) is 2.66. The van der Waals surface area contributed by atoms with Gasteiger partial charge in [0.05, 0.1) is 11.0 Å². The predicted octanol–water partition coefficient (Wildman–Crippen LogP) is 4.51. The molecule has 0 spiro atoms. The number of fused-ring (bicyclic) bond motifs is 1. The van der Waals surface area contributed by atoms with Crippen LogP contribution in [-0.4, -0.2) is 15.4 Å². The van der Waals surface area contributed by atoms with Gasteiger partial charge in [-0.25, -0.2) is 9.37 Å². The largest absolute Gasteiger partial charge is 0.296 e. The number of aromatic nitrogens is 2. The molecule has 0 aliphatic heterocycles. The van der Waals surface area contributed by atoms with Gasteiger partial charge in [0.25, 0.3) is 0 Å². The lowest BCUT2D eigenvalue weighted by atomic mass is 10.1. The normalized spacial score (nSPS) is 11.2. The summed E-state index contributed by atoms with van der Waals surface area (Å²) in [5, 5.41) is 0. The van der Waals surface area contributed by atoms with Crippen molar-refractivity contribution in [3.63, 3.8) is 0 Å². The first-order valence-corrected chi connectivity index (χ1v) is 7.58. The summed E-state index contributed by atoms with van der Waals surface area (Å²) in [6.07, 6.45) is 1.65. The summed E-state index contributed by atoms with van der Waals surface area (Å²) in [5.41, 5.74) is 3.88. The second kappa shape index (κ2) is 5.86. The Bertz CT molecular complexity index is 762. The molecule has 1 heterocycles. The van der Waals surface area contributed by atoms with Crippen LogP contribution in [0.5, 0.6) is 0 Å². The van der Waals surface area contributed by atoms with Gasteiger partial charge in [0.2, 0.25) is 0 Å². The minimum Gasteiger partial charge on any atom is -0.296 e. The molecule has 0 radical (unpaired) electrons. The molecule has 0 aliphatic carbocycles. The van der Waals surface area contributed by atoms with Gasteiger partial charge in [-0.05, 0) is 36.2 Å². The zero-order valence-corrected chi connectivity index (χ0v) is 12.6. The second-order valence-corrected chi connectivity index (χ2v) is 5.33. The number of rotatable bonds is 4. The van der Waals surface area contributed by atoms with Crippen LogP contribution in [0.1, 0.15) is 18.3 Å². The molecule has 3 rings (SSSR count). The molecule has 0 amide bonds. The topological polar surface area (TPSA) is 17.8 Å². The number of hydrogen-bond donors (Lipinski definition) is 0. The molecule has 4 heteroatoms. The maximum Gasteiger partial charge on any atom is 0.125 e. The highest BCUT2D eigenvalue weighted by Crippen LogP contribution is 2.23. The van der Waals surface area contributed by atoms with Crippen molar-refractivity contribution in [2.75, 3.05) is 5.88 Å². The molecule has 0 saturated heterocycles. The third-order valence-electron chi connectivity index (χ3n) is 3.61.